The summed E-state index contributed by atoms with van der Waals surface area (Å²) in [5.74, 6) is 1.51. The molecule has 3 nitrogen and oxygen atoms in total. The van der Waals surface area contributed by atoms with Gasteiger partial charge >= 0.3 is 0 Å². The van der Waals surface area contributed by atoms with Crippen molar-refractivity contribution in [3.8, 4) is 17.1 Å². The van der Waals surface area contributed by atoms with Gasteiger partial charge in [-0.05, 0) is 55.2 Å². The Bertz CT molecular complexity index is 1180. The van der Waals surface area contributed by atoms with Gasteiger partial charge in [0.1, 0.15) is 0 Å². The largest absolute Gasteiger partial charge is 0.270 e. The van der Waals surface area contributed by atoms with Crippen molar-refractivity contribution in [2.45, 2.75) is 44.0 Å². The average Bonchev–Trinajstić information content (AvgIpc) is 3.22. The van der Waals surface area contributed by atoms with Crippen LogP contribution in [0.1, 0.15) is 36.5 Å². The van der Waals surface area contributed by atoms with Gasteiger partial charge in [0, 0.05) is 27.0 Å². The van der Waals surface area contributed by atoms with Crippen molar-refractivity contribution < 1.29 is 0 Å². The summed E-state index contributed by atoms with van der Waals surface area (Å²) in [5, 5.41) is 11.2. The molecular weight excluding hydrogens is 457 g/mol. The third-order valence-electron chi connectivity index (χ3n) is 5.33. The zero-order valence-electron chi connectivity index (χ0n) is 18.2. The van der Waals surface area contributed by atoms with Crippen LogP contribution in [0.5, 0.6) is 0 Å². The van der Waals surface area contributed by atoms with E-state index in [9.17, 15) is 0 Å². The Balaban J connectivity index is 1.69. The van der Waals surface area contributed by atoms with Gasteiger partial charge in [-0.3, -0.25) is 4.57 Å². The molecule has 32 heavy (non-hydrogen) atoms. The lowest BCUT2D eigenvalue weighted by molar-refractivity contribution is 0.794. The van der Waals surface area contributed by atoms with Crippen LogP contribution in [0.2, 0.25) is 10.0 Å². The molecule has 0 N–H and O–H groups in total. The van der Waals surface area contributed by atoms with Crippen LogP contribution in [0.3, 0.4) is 0 Å². The summed E-state index contributed by atoms with van der Waals surface area (Å²) in [7, 11) is 0. The Labute approximate surface area is 203 Å². The van der Waals surface area contributed by atoms with E-state index in [0.717, 1.165) is 34.2 Å². The third-order valence-corrected chi connectivity index (χ3v) is 6.89. The topological polar surface area (TPSA) is 30.7 Å². The normalized spacial score (nSPS) is 11.1. The first-order valence-corrected chi connectivity index (χ1v) is 12.5. The molecule has 164 valence electrons. The van der Waals surface area contributed by atoms with Crippen molar-refractivity contribution in [1.82, 2.24) is 14.8 Å². The summed E-state index contributed by atoms with van der Waals surface area (Å²) in [6.07, 6.45) is 3.49. The second kappa shape index (κ2) is 10.6. The van der Waals surface area contributed by atoms with Crippen LogP contribution >= 0.6 is 35.0 Å². The SMILES string of the molecule is CCCCc1ccc(-n2c(SCc3ccc(Cl)cc3Cl)nnc2-c2ccc(C)cc2)cc1. The highest BCUT2D eigenvalue weighted by molar-refractivity contribution is 7.98. The quantitative estimate of drug-likeness (QED) is 0.237. The maximum absolute atomic E-state index is 6.39. The summed E-state index contributed by atoms with van der Waals surface area (Å²) in [6, 6.07) is 22.7. The molecule has 4 rings (SSSR count). The molecule has 0 fully saturated rings. The lowest BCUT2D eigenvalue weighted by Gasteiger charge is -2.12. The minimum atomic E-state index is 0.636. The smallest absolute Gasteiger partial charge is 0.196 e. The maximum Gasteiger partial charge on any atom is 0.196 e. The van der Waals surface area contributed by atoms with E-state index < -0.39 is 0 Å². The predicted octanol–water partition coefficient (Wildman–Crippen LogP) is 8.18. The van der Waals surface area contributed by atoms with Crippen molar-refractivity contribution in [2.24, 2.45) is 0 Å². The number of hydrogen-bond acceptors (Lipinski definition) is 3. The number of nitrogens with zero attached hydrogens (tertiary/aromatic N) is 3. The summed E-state index contributed by atoms with van der Waals surface area (Å²) in [4.78, 5) is 0. The first-order chi connectivity index (χ1) is 15.5. The fourth-order valence-electron chi connectivity index (χ4n) is 3.46. The van der Waals surface area contributed by atoms with Crippen molar-refractivity contribution in [3.05, 3.63) is 93.5 Å². The van der Waals surface area contributed by atoms with Crippen molar-refractivity contribution >= 4 is 35.0 Å². The Morgan fingerprint density at radius 2 is 1.66 bits per heavy atom. The highest BCUT2D eigenvalue weighted by Gasteiger charge is 2.17. The molecule has 6 heteroatoms. The molecule has 1 heterocycles. The monoisotopic (exact) mass is 481 g/mol. The van der Waals surface area contributed by atoms with Gasteiger partial charge in [-0.1, -0.05) is 96.3 Å². The summed E-state index contributed by atoms with van der Waals surface area (Å²) in [6.45, 7) is 4.30. The third kappa shape index (κ3) is 5.37. The first kappa shape index (κ1) is 22.9. The van der Waals surface area contributed by atoms with Crippen LogP contribution in [-0.4, -0.2) is 14.8 Å². The zero-order chi connectivity index (χ0) is 22.5. The van der Waals surface area contributed by atoms with E-state index in [2.05, 4.69) is 77.1 Å². The molecule has 0 bridgehead atoms. The van der Waals surface area contributed by atoms with Gasteiger partial charge in [-0.2, -0.15) is 0 Å². The van der Waals surface area contributed by atoms with Crippen LogP contribution in [0.15, 0.2) is 71.9 Å². The van der Waals surface area contributed by atoms with Crippen LogP contribution in [-0.2, 0) is 12.2 Å². The molecule has 0 saturated carbocycles. The number of rotatable bonds is 8. The van der Waals surface area contributed by atoms with Crippen LogP contribution < -0.4 is 0 Å². The van der Waals surface area contributed by atoms with Crippen molar-refractivity contribution in [1.29, 1.82) is 0 Å². The molecule has 0 spiro atoms. The first-order valence-electron chi connectivity index (χ1n) is 10.7. The number of halogens is 2. The number of aryl methyl sites for hydroxylation is 2. The minimum absolute atomic E-state index is 0.636. The summed E-state index contributed by atoms with van der Waals surface area (Å²) in [5.41, 5.74) is 5.67. The molecule has 0 unspecified atom stereocenters. The summed E-state index contributed by atoms with van der Waals surface area (Å²) < 4.78 is 2.13. The van der Waals surface area contributed by atoms with Gasteiger partial charge in [0.2, 0.25) is 0 Å². The van der Waals surface area contributed by atoms with Gasteiger partial charge < -0.3 is 0 Å². The van der Waals surface area contributed by atoms with Crippen LogP contribution in [0.25, 0.3) is 17.1 Å². The standard InChI is InChI=1S/C26H25Cl2N3S/c1-3-4-5-19-8-14-23(15-9-19)31-25(20-10-6-18(2)7-11-20)29-30-26(31)32-17-21-12-13-22(27)16-24(21)28/h6-16H,3-5,17H2,1-2H3. The highest BCUT2D eigenvalue weighted by Crippen LogP contribution is 2.32. The van der Waals surface area contributed by atoms with Gasteiger partial charge in [0.25, 0.3) is 0 Å². The van der Waals surface area contributed by atoms with E-state index in [0.29, 0.717) is 15.8 Å². The molecule has 0 saturated heterocycles. The number of aromatic nitrogens is 3. The van der Waals surface area contributed by atoms with E-state index in [-0.39, 0.29) is 0 Å². The average molecular weight is 482 g/mol. The van der Waals surface area contributed by atoms with E-state index >= 15 is 0 Å². The van der Waals surface area contributed by atoms with E-state index in [4.69, 9.17) is 23.2 Å². The van der Waals surface area contributed by atoms with Crippen LogP contribution in [0.4, 0.5) is 0 Å². The molecular formula is C26H25Cl2N3S. The highest BCUT2D eigenvalue weighted by atomic mass is 35.5. The molecule has 0 aliphatic rings. The van der Waals surface area contributed by atoms with E-state index in [1.165, 1.54) is 24.0 Å². The molecule has 0 amide bonds. The van der Waals surface area contributed by atoms with Crippen molar-refractivity contribution in [3.63, 3.8) is 0 Å². The molecule has 4 aromatic rings. The maximum atomic E-state index is 6.39. The van der Waals surface area contributed by atoms with E-state index in [1.807, 2.05) is 12.1 Å². The van der Waals surface area contributed by atoms with Gasteiger partial charge in [0.05, 0.1) is 0 Å². The zero-order valence-corrected chi connectivity index (χ0v) is 20.5. The number of unbranched alkanes of at least 4 members (excludes halogenated alkanes) is 1. The van der Waals surface area contributed by atoms with Crippen molar-refractivity contribution in [2.75, 3.05) is 0 Å². The predicted molar refractivity (Wildman–Crippen MR) is 136 cm³/mol. The lowest BCUT2D eigenvalue weighted by Crippen LogP contribution is -2.00. The van der Waals surface area contributed by atoms with Gasteiger partial charge in [0.15, 0.2) is 11.0 Å². The molecule has 3 aromatic carbocycles. The van der Waals surface area contributed by atoms with E-state index in [1.54, 1.807) is 17.8 Å². The Morgan fingerprint density at radius 1 is 0.906 bits per heavy atom. The second-order valence-electron chi connectivity index (χ2n) is 7.80. The minimum Gasteiger partial charge on any atom is -0.270 e. The Kier molecular flexibility index (Phi) is 7.56. The lowest BCUT2D eigenvalue weighted by atomic mass is 10.1. The molecule has 0 radical (unpaired) electrons. The Hall–Kier alpha value is -2.27. The second-order valence-corrected chi connectivity index (χ2v) is 9.59. The molecule has 0 atom stereocenters. The number of hydrogen-bond donors (Lipinski definition) is 0. The molecule has 1 aromatic heterocycles. The molecule has 0 aliphatic carbocycles. The fourth-order valence-corrected chi connectivity index (χ4v) is 4.97. The number of benzene rings is 3. The van der Waals surface area contributed by atoms with Gasteiger partial charge in [-0.25, -0.2) is 0 Å². The summed E-state index contributed by atoms with van der Waals surface area (Å²) >= 11 is 14.0. The number of thioether (sulfide) groups is 1. The molecule has 0 aliphatic heterocycles. The fraction of sp³-hybridized carbons (Fsp3) is 0.231. The van der Waals surface area contributed by atoms with Gasteiger partial charge in [-0.15, -0.1) is 10.2 Å². The van der Waals surface area contributed by atoms with Crippen LogP contribution in [0, 0.1) is 6.92 Å². The Morgan fingerprint density at radius 3 is 2.34 bits per heavy atom.